The highest BCUT2D eigenvalue weighted by Gasteiger charge is 2.30. The van der Waals surface area contributed by atoms with Crippen LogP contribution in [0.5, 0.6) is 0 Å². The molecule has 3 atom stereocenters. The maximum Gasteiger partial charge on any atom is 0.472 e. The van der Waals surface area contributed by atoms with Gasteiger partial charge in [-0.15, -0.1) is 0 Å². The third-order valence-corrected chi connectivity index (χ3v) is 12.8. The van der Waals surface area contributed by atoms with E-state index in [0.29, 0.717) is 23.9 Å². The fraction of sp³-hybridized carbons (Fsp3) is 0.852. The van der Waals surface area contributed by atoms with Crippen molar-refractivity contribution in [3.05, 3.63) is 36.5 Å². The number of amides is 1. The van der Waals surface area contributed by atoms with Gasteiger partial charge in [-0.05, 0) is 83.1 Å². The molecule has 9 nitrogen and oxygen atoms in total. The minimum atomic E-state index is -4.44. The number of ether oxygens (including phenoxy) is 1. The molecule has 0 radical (unpaired) electrons. The van der Waals surface area contributed by atoms with E-state index in [1.54, 1.807) is 0 Å². The number of phosphoric acid groups is 1. The lowest BCUT2D eigenvalue weighted by Gasteiger charge is -2.27. The fourth-order valence-corrected chi connectivity index (χ4v) is 8.31. The molecule has 0 rings (SSSR count). The molecule has 0 spiro atoms. The maximum absolute atomic E-state index is 13.4. The number of esters is 1. The second-order valence-electron chi connectivity index (χ2n) is 19.4. The predicted octanol–water partition coefficient (Wildman–Crippen LogP) is 15.6. The van der Waals surface area contributed by atoms with Crippen LogP contribution in [0.1, 0.15) is 245 Å². The third kappa shape index (κ3) is 45.4. The summed E-state index contributed by atoms with van der Waals surface area (Å²) in [6.07, 6.45) is 51.4. The van der Waals surface area contributed by atoms with Crippen LogP contribution in [0, 0.1) is 0 Å². The average molecular weight is 924 g/mol. The molecule has 0 aromatic heterocycles. The van der Waals surface area contributed by atoms with Crippen LogP contribution in [-0.2, 0) is 27.9 Å². The molecule has 0 aliphatic rings. The highest BCUT2D eigenvalue weighted by Crippen LogP contribution is 2.43. The van der Waals surface area contributed by atoms with Crippen LogP contribution in [0.15, 0.2) is 36.5 Å². The first-order chi connectivity index (χ1) is 30.9. The van der Waals surface area contributed by atoms with Gasteiger partial charge in [-0.25, -0.2) is 4.57 Å². The van der Waals surface area contributed by atoms with E-state index < -0.39 is 20.0 Å². The van der Waals surface area contributed by atoms with E-state index in [4.69, 9.17) is 13.8 Å². The number of allylic oxidation sites excluding steroid dienone is 5. The van der Waals surface area contributed by atoms with Gasteiger partial charge in [0.1, 0.15) is 19.3 Å². The smallest absolute Gasteiger partial charge is 0.456 e. The topological polar surface area (TPSA) is 111 Å². The Morgan fingerprint density at radius 3 is 1.33 bits per heavy atom. The van der Waals surface area contributed by atoms with Gasteiger partial charge in [0, 0.05) is 12.8 Å². The van der Waals surface area contributed by atoms with E-state index in [1.807, 2.05) is 33.3 Å². The number of phosphoric ester groups is 1. The van der Waals surface area contributed by atoms with Crippen molar-refractivity contribution >= 4 is 19.7 Å². The molecule has 0 fully saturated rings. The summed E-state index contributed by atoms with van der Waals surface area (Å²) in [4.78, 5) is 37.4. The first kappa shape index (κ1) is 62.2. The number of nitrogens with one attached hydrogen (secondary N) is 1. The molecule has 0 heterocycles. The second kappa shape index (κ2) is 45.0. The minimum Gasteiger partial charge on any atom is -0.456 e. The minimum absolute atomic E-state index is 0.0363. The largest absolute Gasteiger partial charge is 0.472 e. The fourth-order valence-electron chi connectivity index (χ4n) is 7.57. The maximum atomic E-state index is 13.4. The Labute approximate surface area is 396 Å². The normalized spacial score (nSPS) is 14.2. The monoisotopic (exact) mass is 924 g/mol. The second-order valence-corrected chi connectivity index (χ2v) is 20.8. The summed E-state index contributed by atoms with van der Waals surface area (Å²) in [5.41, 5.74) is 0. The molecule has 376 valence electrons. The molecule has 0 aliphatic carbocycles. The van der Waals surface area contributed by atoms with Gasteiger partial charge in [-0.2, -0.15) is 0 Å². The number of nitrogens with zero attached hydrogens (tertiary/aromatic N) is 1. The van der Waals surface area contributed by atoms with Crippen molar-refractivity contribution in [1.82, 2.24) is 5.32 Å². The van der Waals surface area contributed by atoms with Crippen LogP contribution >= 0.6 is 7.82 Å². The Morgan fingerprint density at radius 1 is 0.531 bits per heavy atom. The summed E-state index contributed by atoms with van der Waals surface area (Å²) in [7, 11) is 1.48. The number of carbonyl (C=O) groups is 2. The van der Waals surface area contributed by atoms with Gasteiger partial charge in [0.2, 0.25) is 5.91 Å². The molecule has 0 aromatic carbocycles. The lowest BCUT2D eigenvalue weighted by Crippen LogP contribution is -2.47. The number of hydrogen-bond acceptors (Lipinski definition) is 6. The van der Waals surface area contributed by atoms with Crippen LogP contribution < -0.4 is 5.32 Å². The zero-order valence-electron chi connectivity index (χ0n) is 42.8. The zero-order valence-corrected chi connectivity index (χ0v) is 43.7. The number of quaternary nitrogens is 1. The SMILES string of the molecule is CCCCCCCC/C=C\CCCCCC(=O)NC(COP(=O)(O)OCC[N+](C)(C)C)C(/C=C/CCCCCCCCCCCC)OC(=O)CCCCC/C=C\CCCCCCCC. The van der Waals surface area contributed by atoms with Crippen molar-refractivity contribution in [2.24, 2.45) is 0 Å². The predicted molar refractivity (Wildman–Crippen MR) is 272 cm³/mol. The molecular formula is C54H104N2O7P+. The van der Waals surface area contributed by atoms with Gasteiger partial charge >= 0.3 is 13.8 Å². The average Bonchev–Trinajstić information content (AvgIpc) is 3.25. The van der Waals surface area contributed by atoms with Crippen molar-refractivity contribution in [2.45, 2.75) is 258 Å². The van der Waals surface area contributed by atoms with Crippen LogP contribution in [0.2, 0.25) is 0 Å². The van der Waals surface area contributed by atoms with E-state index in [2.05, 4.69) is 50.4 Å². The Balaban J connectivity index is 5.46. The summed E-state index contributed by atoms with van der Waals surface area (Å²) < 4.78 is 30.5. The molecule has 0 aromatic rings. The van der Waals surface area contributed by atoms with Crippen molar-refractivity contribution in [2.75, 3.05) is 40.9 Å². The van der Waals surface area contributed by atoms with Gasteiger partial charge in [0.25, 0.3) is 0 Å². The Kier molecular flexibility index (Phi) is 43.8. The summed E-state index contributed by atoms with van der Waals surface area (Å²) >= 11 is 0. The quantitative estimate of drug-likeness (QED) is 0.0206. The van der Waals surface area contributed by atoms with Gasteiger partial charge in [-0.3, -0.25) is 18.6 Å². The van der Waals surface area contributed by atoms with Gasteiger partial charge < -0.3 is 19.4 Å². The van der Waals surface area contributed by atoms with Crippen LogP contribution in [-0.4, -0.2) is 74.3 Å². The number of unbranched alkanes of at least 4 members (excludes halogenated alkanes) is 28. The molecule has 2 N–H and O–H groups in total. The summed E-state index contributed by atoms with van der Waals surface area (Å²) in [6.45, 7) is 6.97. The van der Waals surface area contributed by atoms with E-state index in [0.717, 1.165) is 77.0 Å². The molecule has 1 amide bonds. The molecule has 0 saturated heterocycles. The van der Waals surface area contributed by atoms with E-state index >= 15 is 0 Å². The first-order valence-corrected chi connectivity index (χ1v) is 28.3. The zero-order chi connectivity index (χ0) is 47.3. The standard InChI is InChI=1S/C54H103N2O7P/c1-7-10-13-16-19-22-25-28-31-34-37-40-43-46-53(57)55-51(50-62-64(59,60)61-49-48-56(4,5)6)52(45-42-39-36-33-30-27-24-21-18-15-12-9-3)63-54(58)47-44-41-38-35-32-29-26-23-20-17-14-11-8-2/h28-29,31-32,42,45,51-52H,7-27,30,33-41,43-44,46-50H2,1-6H3,(H-,55,57,59,60)/p+1/b31-28-,32-29-,45-42+. The Hall–Kier alpha value is -1.77. The number of carbonyl (C=O) groups excluding carboxylic acids is 2. The molecule has 0 bridgehead atoms. The lowest BCUT2D eigenvalue weighted by atomic mass is 10.1. The molecule has 64 heavy (non-hydrogen) atoms. The van der Waals surface area contributed by atoms with Crippen molar-refractivity contribution < 1.29 is 37.3 Å². The summed E-state index contributed by atoms with van der Waals surface area (Å²) in [5, 5.41) is 3.02. The highest BCUT2D eigenvalue weighted by molar-refractivity contribution is 7.47. The van der Waals surface area contributed by atoms with E-state index in [1.165, 1.54) is 128 Å². The van der Waals surface area contributed by atoms with E-state index in [-0.39, 0.29) is 31.5 Å². The van der Waals surface area contributed by atoms with Crippen LogP contribution in [0.25, 0.3) is 0 Å². The number of likely N-dealkylation sites (N-methyl/N-ethyl adjacent to an activating group) is 1. The molecule has 0 saturated carbocycles. The van der Waals surface area contributed by atoms with Gasteiger partial charge in [0.05, 0.1) is 33.8 Å². The van der Waals surface area contributed by atoms with Crippen LogP contribution in [0.4, 0.5) is 0 Å². The van der Waals surface area contributed by atoms with Crippen molar-refractivity contribution in [3.63, 3.8) is 0 Å². The Bertz CT molecular complexity index is 1200. The summed E-state index contributed by atoms with van der Waals surface area (Å²) in [5.74, 6) is -0.540. The number of rotatable bonds is 48. The Morgan fingerprint density at radius 2 is 0.906 bits per heavy atom. The van der Waals surface area contributed by atoms with Crippen LogP contribution in [0.3, 0.4) is 0 Å². The highest BCUT2D eigenvalue weighted by atomic mass is 31.2. The molecule has 3 unspecified atom stereocenters. The van der Waals surface area contributed by atoms with Gasteiger partial charge in [0.15, 0.2) is 0 Å². The van der Waals surface area contributed by atoms with Gasteiger partial charge in [-0.1, -0.05) is 186 Å². The molecule has 0 aliphatic heterocycles. The first-order valence-electron chi connectivity index (χ1n) is 26.8. The molecular weight excluding hydrogens is 820 g/mol. The summed E-state index contributed by atoms with van der Waals surface area (Å²) in [6, 6.07) is -0.857. The third-order valence-electron chi connectivity index (χ3n) is 11.8. The molecule has 10 heteroatoms. The van der Waals surface area contributed by atoms with Crippen molar-refractivity contribution in [3.8, 4) is 0 Å². The number of hydrogen-bond donors (Lipinski definition) is 2. The van der Waals surface area contributed by atoms with E-state index in [9.17, 15) is 19.0 Å². The lowest BCUT2D eigenvalue weighted by molar-refractivity contribution is -0.870. The van der Waals surface area contributed by atoms with Crippen molar-refractivity contribution in [1.29, 1.82) is 0 Å².